The summed E-state index contributed by atoms with van der Waals surface area (Å²) in [5.74, 6) is 0.796. The van der Waals surface area contributed by atoms with Crippen LogP contribution in [0.4, 0.5) is 0 Å². The van der Waals surface area contributed by atoms with Crippen molar-refractivity contribution in [1.29, 1.82) is 0 Å². The van der Waals surface area contributed by atoms with Crippen molar-refractivity contribution in [2.45, 2.75) is 13.5 Å². The Labute approximate surface area is 140 Å². The quantitative estimate of drug-likeness (QED) is 0.932. The van der Waals surface area contributed by atoms with Gasteiger partial charge in [0.1, 0.15) is 5.75 Å². The summed E-state index contributed by atoms with van der Waals surface area (Å²) in [6, 6.07) is 6.05. The van der Waals surface area contributed by atoms with E-state index in [4.69, 9.17) is 4.74 Å². The van der Waals surface area contributed by atoms with Crippen molar-refractivity contribution >= 4 is 11.3 Å². The summed E-state index contributed by atoms with van der Waals surface area (Å²) in [5.41, 5.74) is 3.02. The number of benzene rings is 1. The molecule has 0 atom stereocenters. The number of nitrogens with zero attached hydrogens (tertiary/aromatic N) is 2. The lowest BCUT2D eigenvalue weighted by Gasteiger charge is -2.32. The van der Waals surface area contributed by atoms with Gasteiger partial charge in [-0.15, -0.1) is 0 Å². The number of aromatic amines is 1. The van der Waals surface area contributed by atoms with Gasteiger partial charge in [-0.05, 0) is 26.1 Å². The minimum atomic E-state index is -0.00677. The van der Waals surface area contributed by atoms with Crippen molar-refractivity contribution in [2.24, 2.45) is 0 Å². The van der Waals surface area contributed by atoms with Crippen LogP contribution in [0, 0.1) is 6.92 Å². The molecular weight excluding hydrogens is 310 g/mol. The molecule has 0 bridgehead atoms. The predicted octanol–water partition coefficient (Wildman–Crippen LogP) is 2.17. The van der Waals surface area contributed by atoms with E-state index in [1.807, 2.05) is 19.1 Å². The molecule has 6 heteroatoms. The molecular formula is C17H23N3O2S. The Hall–Kier alpha value is -1.63. The Morgan fingerprint density at radius 2 is 2.00 bits per heavy atom. The summed E-state index contributed by atoms with van der Waals surface area (Å²) < 4.78 is 5.49. The molecule has 1 aromatic heterocycles. The van der Waals surface area contributed by atoms with E-state index in [1.165, 1.54) is 11.3 Å². The normalized spacial score (nSPS) is 16.7. The van der Waals surface area contributed by atoms with Gasteiger partial charge >= 0.3 is 4.87 Å². The van der Waals surface area contributed by atoms with Crippen LogP contribution in [-0.4, -0.2) is 55.1 Å². The highest BCUT2D eigenvalue weighted by Crippen LogP contribution is 2.33. The van der Waals surface area contributed by atoms with Crippen LogP contribution in [0.25, 0.3) is 11.3 Å². The van der Waals surface area contributed by atoms with Crippen LogP contribution in [-0.2, 0) is 6.54 Å². The Morgan fingerprint density at radius 1 is 1.26 bits per heavy atom. The van der Waals surface area contributed by atoms with Crippen molar-refractivity contribution in [3.05, 3.63) is 38.3 Å². The zero-order chi connectivity index (χ0) is 16.4. The molecule has 2 heterocycles. The molecule has 0 aliphatic carbocycles. The minimum Gasteiger partial charge on any atom is -0.496 e. The second kappa shape index (κ2) is 6.86. The van der Waals surface area contributed by atoms with Crippen LogP contribution < -0.4 is 9.61 Å². The lowest BCUT2D eigenvalue weighted by molar-refractivity contribution is 0.149. The van der Waals surface area contributed by atoms with Gasteiger partial charge in [0.25, 0.3) is 0 Å². The summed E-state index contributed by atoms with van der Waals surface area (Å²) in [7, 11) is 3.81. The highest BCUT2D eigenvalue weighted by Gasteiger charge is 2.19. The van der Waals surface area contributed by atoms with Crippen molar-refractivity contribution in [1.82, 2.24) is 14.8 Å². The van der Waals surface area contributed by atoms with Crippen LogP contribution in [0.3, 0.4) is 0 Å². The fourth-order valence-electron chi connectivity index (χ4n) is 2.92. The third-order valence-corrected chi connectivity index (χ3v) is 5.18. The summed E-state index contributed by atoms with van der Waals surface area (Å²) >= 11 is 1.31. The standard InChI is InChI=1S/C17H23N3O2S/c1-12-4-5-14(22-3)13(10-12)16-15(23-17(21)18-16)11-20-8-6-19(2)7-9-20/h4-5,10H,6-9,11H2,1-3H3,(H,18,21). The summed E-state index contributed by atoms with van der Waals surface area (Å²) in [6.45, 7) is 7.07. The van der Waals surface area contributed by atoms with Gasteiger partial charge in [-0.3, -0.25) is 9.69 Å². The van der Waals surface area contributed by atoms with Gasteiger partial charge in [-0.25, -0.2) is 0 Å². The largest absolute Gasteiger partial charge is 0.496 e. The van der Waals surface area contributed by atoms with Crippen molar-refractivity contribution in [3.63, 3.8) is 0 Å². The average molecular weight is 333 g/mol. The summed E-state index contributed by atoms with van der Waals surface area (Å²) in [4.78, 5) is 20.8. The lowest BCUT2D eigenvalue weighted by Crippen LogP contribution is -2.43. The predicted molar refractivity (Wildman–Crippen MR) is 94.4 cm³/mol. The fraction of sp³-hybridized carbons (Fsp3) is 0.471. The molecule has 3 rings (SSSR count). The number of aromatic nitrogens is 1. The number of ether oxygens (including phenoxy) is 1. The first kappa shape index (κ1) is 16.2. The lowest BCUT2D eigenvalue weighted by atomic mass is 10.1. The topological polar surface area (TPSA) is 48.6 Å². The molecule has 5 nitrogen and oxygen atoms in total. The number of methoxy groups -OCH3 is 1. The molecule has 1 N–H and O–H groups in total. The van der Waals surface area contributed by atoms with Gasteiger partial charge in [0.15, 0.2) is 0 Å². The maximum absolute atomic E-state index is 12.0. The molecule has 1 saturated heterocycles. The smallest absolute Gasteiger partial charge is 0.305 e. The highest BCUT2D eigenvalue weighted by molar-refractivity contribution is 7.09. The first-order valence-corrected chi connectivity index (χ1v) is 8.66. The Balaban J connectivity index is 1.92. The maximum atomic E-state index is 12.0. The third kappa shape index (κ3) is 3.65. The minimum absolute atomic E-state index is 0.00677. The van der Waals surface area contributed by atoms with E-state index in [9.17, 15) is 4.79 Å². The molecule has 1 aliphatic rings. The number of piperazine rings is 1. The van der Waals surface area contributed by atoms with Gasteiger partial charge in [0, 0.05) is 43.2 Å². The van der Waals surface area contributed by atoms with Crippen molar-refractivity contribution in [2.75, 3.05) is 40.3 Å². The summed E-state index contributed by atoms with van der Waals surface area (Å²) in [6.07, 6.45) is 0. The van der Waals surface area contributed by atoms with E-state index in [0.29, 0.717) is 0 Å². The van der Waals surface area contributed by atoms with E-state index in [2.05, 4.69) is 27.9 Å². The van der Waals surface area contributed by atoms with Crippen LogP contribution in [0.1, 0.15) is 10.4 Å². The molecule has 0 amide bonds. The van der Waals surface area contributed by atoms with E-state index < -0.39 is 0 Å². The Kier molecular flexibility index (Phi) is 4.84. The number of rotatable bonds is 4. The van der Waals surface area contributed by atoms with Gasteiger partial charge in [0.2, 0.25) is 0 Å². The number of aryl methyl sites for hydroxylation is 1. The van der Waals surface area contributed by atoms with Gasteiger partial charge in [-0.2, -0.15) is 0 Å². The Morgan fingerprint density at radius 3 is 2.70 bits per heavy atom. The molecule has 0 saturated carbocycles. The molecule has 124 valence electrons. The molecule has 1 aliphatic heterocycles. The number of H-pyrrole nitrogens is 1. The zero-order valence-electron chi connectivity index (χ0n) is 13.9. The second-order valence-corrected chi connectivity index (χ2v) is 7.16. The van der Waals surface area contributed by atoms with Crippen LogP contribution in [0.5, 0.6) is 5.75 Å². The number of likely N-dealkylation sites (N-methyl/N-ethyl adjacent to an activating group) is 1. The maximum Gasteiger partial charge on any atom is 0.305 e. The first-order valence-electron chi connectivity index (χ1n) is 7.84. The fourth-order valence-corrected chi connectivity index (χ4v) is 3.80. The van der Waals surface area contributed by atoms with E-state index in [1.54, 1.807) is 7.11 Å². The number of nitrogens with one attached hydrogen (secondary N) is 1. The number of hydrogen-bond donors (Lipinski definition) is 1. The molecule has 2 aromatic rings. The summed E-state index contributed by atoms with van der Waals surface area (Å²) in [5, 5.41) is 0. The molecule has 1 fully saturated rings. The van der Waals surface area contributed by atoms with Crippen molar-refractivity contribution < 1.29 is 4.74 Å². The third-order valence-electron chi connectivity index (χ3n) is 4.31. The number of hydrogen-bond acceptors (Lipinski definition) is 5. The van der Waals surface area contributed by atoms with Gasteiger partial charge in [-0.1, -0.05) is 23.0 Å². The molecule has 0 radical (unpaired) electrons. The average Bonchev–Trinajstić information content (AvgIpc) is 2.90. The number of thiazole rings is 1. The van der Waals surface area contributed by atoms with E-state index in [-0.39, 0.29) is 4.87 Å². The Bertz CT molecular complexity index is 730. The first-order chi connectivity index (χ1) is 11.1. The molecule has 23 heavy (non-hydrogen) atoms. The molecule has 0 unspecified atom stereocenters. The SMILES string of the molecule is COc1ccc(C)cc1-c1[nH]c(=O)sc1CN1CCN(C)CC1. The second-order valence-electron chi connectivity index (χ2n) is 6.10. The van der Waals surface area contributed by atoms with Gasteiger partial charge in [0.05, 0.1) is 12.8 Å². The van der Waals surface area contributed by atoms with E-state index >= 15 is 0 Å². The molecule has 0 spiro atoms. The van der Waals surface area contributed by atoms with E-state index in [0.717, 1.165) is 60.2 Å². The van der Waals surface area contributed by atoms with Crippen LogP contribution in [0.15, 0.2) is 23.0 Å². The molecule has 1 aromatic carbocycles. The van der Waals surface area contributed by atoms with Crippen LogP contribution in [0.2, 0.25) is 0 Å². The monoisotopic (exact) mass is 333 g/mol. The highest BCUT2D eigenvalue weighted by atomic mass is 32.1. The van der Waals surface area contributed by atoms with Gasteiger partial charge < -0.3 is 14.6 Å². The van der Waals surface area contributed by atoms with Crippen molar-refractivity contribution in [3.8, 4) is 17.0 Å². The zero-order valence-corrected chi connectivity index (χ0v) is 14.7. The van der Waals surface area contributed by atoms with Crippen LogP contribution >= 0.6 is 11.3 Å².